The summed E-state index contributed by atoms with van der Waals surface area (Å²) in [6.45, 7) is 5.34. The minimum atomic E-state index is 0. The zero-order valence-corrected chi connectivity index (χ0v) is 17.7. The second kappa shape index (κ2) is 11.9. The Balaban J connectivity index is 0.00000312. The predicted molar refractivity (Wildman–Crippen MR) is 117 cm³/mol. The molecule has 0 heterocycles. The highest BCUT2D eigenvalue weighted by Crippen LogP contribution is 2.06. The van der Waals surface area contributed by atoms with Crippen molar-refractivity contribution in [2.75, 3.05) is 20.6 Å². The van der Waals surface area contributed by atoms with E-state index in [2.05, 4.69) is 77.9 Å². The number of rotatable bonds is 7. The van der Waals surface area contributed by atoms with E-state index in [4.69, 9.17) is 0 Å². The molecule has 4 nitrogen and oxygen atoms in total. The number of hydrogen-bond acceptors (Lipinski definition) is 2. The first-order valence-electron chi connectivity index (χ1n) is 8.46. The molecule has 0 amide bonds. The Kier molecular flexibility index (Phi) is 10.2. The Morgan fingerprint density at radius 3 is 2.12 bits per heavy atom. The van der Waals surface area contributed by atoms with E-state index in [9.17, 15) is 0 Å². The summed E-state index contributed by atoms with van der Waals surface area (Å²) >= 11 is 0. The standard InChI is InChI=1S/C20H28N4.HI/c1-4-21-20(22-14-17-8-6-5-7-9-17)23-15-18-10-12-19(13-11-18)16-24(2)3;/h5-13H,4,14-16H2,1-3H3,(H2,21,22,23);1H. The number of hydrogen-bond donors (Lipinski definition) is 2. The van der Waals surface area contributed by atoms with Crippen molar-refractivity contribution in [3.05, 3.63) is 71.3 Å². The van der Waals surface area contributed by atoms with Gasteiger partial charge in [-0.25, -0.2) is 4.99 Å². The number of guanidine groups is 1. The summed E-state index contributed by atoms with van der Waals surface area (Å²) < 4.78 is 0. The predicted octanol–water partition coefficient (Wildman–Crippen LogP) is 3.62. The molecule has 136 valence electrons. The minimum absolute atomic E-state index is 0. The molecule has 0 unspecified atom stereocenters. The Morgan fingerprint density at radius 2 is 1.52 bits per heavy atom. The molecule has 5 heteroatoms. The molecule has 0 aliphatic heterocycles. The fraction of sp³-hybridized carbons (Fsp3) is 0.350. The number of aliphatic imine (C=N–C) groups is 1. The lowest BCUT2D eigenvalue weighted by atomic mass is 10.1. The van der Waals surface area contributed by atoms with Crippen molar-refractivity contribution in [3.8, 4) is 0 Å². The van der Waals surface area contributed by atoms with Crippen LogP contribution < -0.4 is 10.6 Å². The molecule has 0 aliphatic carbocycles. The summed E-state index contributed by atoms with van der Waals surface area (Å²) in [6, 6.07) is 19.0. The number of halogens is 1. The summed E-state index contributed by atoms with van der Waals surface area (Å²) in [5, 5.41) is 6.69. The highest BCUT2D eigenvalue weighted by molar-refractivity contribution is 14.0. The summed E-state index contributed by atoms with van der Waals surface area (Å²) in [4.78, 5) is 6.82. The molecular formula is C20H29IN4. The second-order valence-electron chi connectivity index (χ2n) is 6.09. The normalized spacial score (nSPS) is 11.1. The Hall–Kier alpha value is -1.60. The van der Waals surface area contributed by atoms with Gasteiger partial charge < -0.3 is 15.5 Å². The van der Waals surface area contributed by atoms with E-state index in [0.29, 0.717) is 6.54 Å². The van der Waals surface area contributed by atoms with Gasteiger partial charge in [-0.2, -0.15) is 0 Å². The van der Waals surface area contributed by atoms with Gasteiger partial charge in [0.15, 0.2) is 5.96 Å². The maximum absolute atomic E-state index is 4.64. The van der Waals surface area contributed by atoms with E-state index in [0.717, 1.165) is 25.6 Å². The summed E-state index contributed by atoms with van der Waals surface area (Å²) in [7, 11) is 4.17. The van der Waals surface area contributed by atoms with Crippen molar-refractivity contribution in [1.29, 1.82) is 0 Å². The SMILES string of the molecule is CCNC(=NCc1ccccc1)NCc1ccc(CN(C)C)cc1.I. The van der Waals surface area contributed by atoms with Gasteiger partial charge in [0, 0.05) is 19.6 Å². The van der Waals surface area contributed by atoms with Crippen LogP contribution in [-0.2, 0) is 19.6 Å². The molecule has 2 N–H and O–H groups in total. The van der Waals surface area contributed by atoms with Gasteiger partial charge in [-0.3, -0.25) is 0 Å². The van der Waals surface area contributed by atoms with E-state index < -0.39 is 0 Å². The van der Waals surface area contributed by atoms with Crippen molar-refractivity contribution in [2.24, 2.45) is 4.99 Å². The third kappa shape index (κ3) is 8.36. The summed E-state index contributed by atoms with van der Waals surface area (Å²) in [6.07, 6.45) is 0. The molecule has 2 aromatic carbocycles. The average molecular weight is 452 g/mol. The van der Waals surface area contributed by atoms with Crippen molar-refractivity contribution < 1.29 is 0 Å². The topological polar surface area (TPSA) is 39.7 Å². The average Bonchev–Trinajstić information content (AvgIpc) is 2.59. The van der Waals surface area contributed by atoms with Crippen LogP contribution in [0.1, 0.15) is 23.6 Å². The lowest BCUT2D eigenvalue weighted by Gasteiger charge is -2.13. The van der Waals surface area contributed by atoms with Crippen molar-refractivity contribution >= 4 is 29.9 Å². The first kappa shape index (κ1) is 21.4. The van der Waals surface area contributed by atoms with E-state index >= 15 is 0 Å². The molecule has 0 saturated heterocycles. The molecule has 0 aliphatic rings. The smallest absolute Gasteiger partial charge is 0.191 e. The summed E-state index contributed by atoms with van der Waals surface area (Å²) in [5.41, 5.74) is 3.79. The largest absolute Gasteiger partial charge is 0.357 e. The minimum Gasteiger partial charge on any atom is -0.357 e. The number of nitrogens with zero attached hydrogens (tertiary/aromatic N) is 2. The van der Waals surface area contributed by atoms with Crippen LogP contribution in [0.25, 0.3) is 0 Å². The summed E-state index contributed by atoms with van der Waals surface area (Å²) in [5.74, 6) is 0.846. The third-order valence-electron chi connectivity index (χ3n) is 3.59. The zero-order chi connectivity index (χ0) is 17.2. The van der Waals surface area contributed by atoms with Crippen LogP contribution in [0.15, 0.2) is 59.6 Å². The van der Waals surface area contributed by atoms with E-state index in [-0.39, 0.29) is 24.0 Å². The van der Waals surface area contributed by atoms with Gasteiger partial charge >= 0.3 is 0 Å². The molecule has 0 spiro atoms. The van der Waals surface area contributed by atoms with Crippen molar-refractivity contribution in [3.63, 3.8) is 0 Å². The fourth-order valence-corrected chi connectivity index (χ4v) is 2.41. The highest BCUT2D eigenvalue weighted by Gasteiger charge is 2.00. The van der Waals surface area contributed by atoms with Gasteiger partial charge in [0.25, 0.3) is 0 Å². The Labute approximate surface area is 168 Å². The quantitative estimate of drug-likeness (QED) is 0.383. The van der Waals surface area contributed by atoms with Crippen molar-refractivity contribution in [2.45, 2.75) is 26.6 Å². The van der Waals surface area contributed by atoms with Gasteiger partial charge in [0.1, 0.15) is 0 Å². The zero-order valence-electron chi connectivity index (χ0n) is 15.3. The highest BCUT2D eigenvalue weighted by atomic mass is 127. The molecule has 2 rings (SSSR count). The number of benzene rings is 2. The van der Waals surface area contributed by atoms with Crippen LogP contribution in [-0.4, -0.2) is 31.5 Å². The fourth-order valence-electron chi connectivity index (χ4n) is 2.41. The van der Waals surface area contributed by atoms with E-state index in [1.807, 2.05) is 18.2 Å². The van der Waals surface area contributed by atoms with E-state index in [1.54, 1.807) is 0 Å². The lowest BCUT2D eigenvalue weighted by molar-refractivity contribution is 0.402. The molecule has 0 atom stereocenters. The first-order valence-corrected chi connectivity index (χ1v) is 8.46. The Morgan fingerprint density at radius 1 is 0.880 bits per heavy atom. The van der Waals surface area contributed by atoms with E-state index in [1.165, 1.54) is 16.7 Å². The molecule has 0 aromatic heterocycles. The van der Waals surface area contributed by atoms with Gasteiger partial charge in [-0.1, -0.05) is 54.6 Å². The third-order valence-corrected chi connectivity index (χ3v) is 3.59. The van der Waals surface area contributed by atoms with Crippen molar-refractivity contribution in [1.82, 2.24) is 15.5 Å². The maximum atomic E-state index is 4.64. The van der Waals surface area contributed by atoms with Crippen LogP contribution in [0.5, 0.6) is 0 Å². The molecule has 2 aromatic rings. The molecular weight excluding hydrogens is 423 g/mol. The van der Waals surface area contributed by atoms with Crippen LogP contribution in [0.4, 0.5) is 0 Å². The second-order valence-corrected chi connectivity index (χ2v) is 6.09. The van der Waals surface area contributed by atoms with Crippen LogP contribution >= 0.6 is 24.0 Å². The Bertz CT molecular complexity index is 624. The van der Waals surface area contributed by atoms with Crippen LogP contribution in [0, 0.1) is 0 Å². The van der Waals surface area contributed by atoms with Gasteiger partial charge in [0.05, 0.1) is 6.54 Å². The molecule has 0 radical (unpaired) electrons. The van der Waals surface area contributed by atoms with Crippen LogP contribution in [0.2, 0.25) is 0 Å². The number of nitrogens with one attached hydrogen (secondary N) is 2. The molecule has 25 heavy (non-hydrogen) atoms. The van der Waals surface area contributed by atoms with Crippen LogP contribution in [0.3, 0.4) is 0 Å². The van der Waals surface area contributed by atoms with Gasteiger partial charge in [-0.05, 0) is 37.7 Å². The first-order chi connectivity index (χ1) is 11.7. The maximum Gasteiger partial charge on any atom is 0.191 e. The van der Waals surface area contributed by atoms with Gasteiger partial charge in [-0.15, -0.1) is 24.0 Å². The molecule has 0 bridgehead atoms. The molecule has 0 fully saturated rings. The lowest BCUT2D eigenvalue weighted by Crippen LogP contribution is -2.36. The van der Waals surface area contributed by atoms with Gasteiger partial charge in [0.2, 0.25) is 0 Å². The molecule has 0 saturated carbocycles. The monoisotopic (exact) mass is 452 g/mol.